The zero-order chi connectivity index (χ0) is 12.7. The molecule has 0 amide bonds. The summed E-state index contributed by atoms with van der Waals surface area (Å²) in [6, 6.07) is 5.52. The van der Waals surface area contributed by atoms with Crippen molar-refractivity contribution in [2.75, 3.05) is 6.54 Å². The molecular weight excluding hydrogens is 213 g/mol. The molecule has 92 valence electrons. The zero-order valence-corrected chi connectivity index (χ0v) is 10.8. The van der Waals surface area contributed by atoms with Gasteiger partial charge in [0, 0.05) is 18.0 Å². The molecule has 17 heavy (non-hydrogen) atoms. The van der Waals surface area contributed by atoms with E-state index in [1.807, 2.05) is 19.1 Å². The number of hydrogen-bond donors (Lipinski definition) is 1. The number of aryl methyl sites for hydroxylation is 1. The van der Waals surface area contributed by atoms with Crippen LogP contribution in [0.1, 0.15) is 43.9 Å². The molecule has 0 spiro atoms. The van der Waals surface area contributed by atoms with Crippen molar-refractivity contribution in [2.24, 2.45) is 0 Å². The molecule has 0 aliphatic carbocycles. The van der Waals surface area contributed by atoms with Crippen molar-refractivity contribution < 1.29 is 4.39 Å². The van der Waals surface area contributed by atoms with Crippen LogP contribution in [-0.4, -0.2) is 6.54 Å². The van der Waals surface area contributed by atoms with Crippen LogP contribution in [-0.2, 0) is 0 Å². The van der Waals surface area contributed by atoms with Gasteiger partial charge in [-0.15, -0.1) is 11.8 Å². The molecule has 1 unspecified atom stereocenters. The summed E-state index contributed by atoms with van der Waals surface area (Å²) in [6.45, 7) is 6.58. The summed E-state index contributed by atoms with van der Waals surface area (Å²) in [5.74, 6) is 5.78. The number of benzene rings is 1. The maximum absolute atomic E-state index is 14.0. The molecular formula is C15H20FN. The maximum Gasteiger partial charge on any atom is 0.130 e. The van der Waals surface area contributed by atoms with Crippen molar-refractivity contribution in [1.82, 2.24) is 5.32 Å². The first-order valence-electron chi connectivity index (χ1n) is 6.08. The minimum atomic E-state index is -0.112. The minimum absolute atomic E-state index is 0.0118. The molecule has 1 N–H and O–H groups in total. The van der Waals surface area contributed by atoms with E-state index >= 15 is 0 Å². The van der Waals surface area contributed by atoms with Crippen LogP contribution in [0.4, 0.5) is 4.39 Å². The zero-order valence-electron chi connectivity index (χ0n) is 10.8. The molecule has 1 atom stereocenters. The summed E-state index contributed by atoms with van der Waals surface area (Å²) in [4.78, 5) is 0. The molecule has 1 aromatic rings. The monoisotopic (exact) mass is 233 g/mol. The number of halogens is 1. The van der Waals surface area contributed by atoms with E-state index in [0.29, 0.717) is 12.0 Å². The molecule has 0 aromatic heterocycles. The Labute approximate surface area is 103 Å². The molecule has 0 saturated carbocycles. The van der Waals surface area contributed by atoms with E-state index in [9.17, 15) is 4.39 Å². The first-order chi connectivity index (χ1) is 8.20. The Morgan fingerprint density at radius 3 is 2.82 bits per heavy atom. The third-order valence-corrected chi connectivity index (χ3v) is 2.72. The average molecular weight is 233 g/mol. The highest BCUT2D eigenvalue weighted by Crippen LogP contribution is 2.22. The van der Waals surface area contributed by atoms with E-state index in [-0.39, 0.29) is 11.9 Å². The SMILES string of the molecule is CC#CCC(NCCC)c1cccc(C)c1F. The molecule has 0 aliphatic rings. The highest BCUT2D eigenvalue weighted by molar-refractivity contribution is 5.28. The number of nitrogens with one attached hydrogen (secondary N) is 1. The first-order valence-corrected chi connectivity index (χ1v) is 6.08. The van der Waals surface area contributed by atoms with Gasteiger partial charge in [0.1, 0.15) is 5.82 Å². The van der Waals surface area contributed by atoms with Crippen molar-refractivity contribution in [3.05, 3.63) is 35.1 Å². The molecule has 1 aromatic carbocycles. The van der Waals surface area contributed by atoms with Gasteiger partial charge in [-0.3, -0.25) is 0 Å². The lowest BCUT2D eigenvalue weighted by atomic mass is 10.0. The van der Waals surface area contributed by atoms with Crippen molar-refractivity contribution in [2.45, 2.75) is 39.7 Å². The predicted octanol–water partition coefficient (Wildman–Crippen LogP) is 3.59. The lowest BCUT2D eigenvalue weighted by Crippen LogP contribution is -2.23. The quantitative estimate of drug-likeness (QED) is 0.766. The Morgan fingerprint density at radius 1 is 1.41 bits per heavy atom. The van der Waals surface area contributed by atoms with Gasteiger partial charge < -0.3 is 5.32 Å². The van der Waals surface area contributed by atoms with E-state index in [1.54, 1.807) is 13.0 Å². The fourth-order valence-corrected chi connectivity index (χ4v) is 1.75. The largest absolute Gasteiger partial charge is 0.309 e. The Balaban J connectivity index is 2.93. The van der Waals surface area contributed by atoms with Crippen LogP contribution in [0.5, 0.6) is 0 Å². The molecule has 0 radical (unpaired) electrons. The highest BCUT2D eigenvalue weighted by Gasteiger charge is 2.14. The summed E-state index contributed by atoms with van der Waals surface area (Å²) in [5, 5.41) is 3.35. The lowest BCUT2D eigenvalue weighted by Gasteiger charge is -2.18. The summed E-state index contributed by atoms with van der Waals surface area (Å²) in [7, 11) is 0. The second kappa shape index (κ2) is 7.09. The van der Waals surface area contributed by atoms with Gasteiger partial charge in [-0.05, 0) is 32.4 Å². The molecule has 1 rings (SSSR count). The smallest absolute Gasteiger partial charge is 0.130 e. The molecule has 0 fully saturated rings. The third kappa shape index (κ3) is 3.87. The van der Waals surface area contributed by atoms with Gasteiger partial charge in [-0.1, -0.05) is 25.1 Å². The maximum atomic E-state index is 14.0. The second-order valence-electron chi connectivity index (χ2n) is 4.12. The molecule has 0 aliphatic heterocycles. The number of hydrogen-bond acceptors (Lipinski definition) is 1. The van der Waals surface area contributed by atoms with Crippen LogP contribution in [0.25, 0.3) is 0 Å². The van der Waals surface area contributed by atoms with E-state index in [1.165, 1.54) is 0 Å². The van der Waals surface area contributed by atoms with Crippen LogP contribution in [0.2, 0.25) is 0 Å². The van der Waals surface area contributed by atoms with Crippen LogP contribution < -0.4 is 5.32 Å². The fourth-order valence-electron chi connectivity index (χ4n) is 1.75. The first kappa shape index (κ1) is 13.7. The Morgan fingerprint density at radius 2 is 2.18 bits per heavy atom. The standard InChI is InChI=1S/C15H20FN/c1-4-6-10-14(17-11-5-2)13-9-7-8-12(3)15(13)16/h7-9,14,17H,5,10-11H2,1-3H3. The van der Waals surface area contributed by atoms with Gasteiger partial charge in [-0.25, -0.2) is 4.39 Å². The van der Waals surface area contributed by atoms with Gasteiger partial charge >= 0.3 is 0 Å². The normalized spacial score (nSPS) is 11.8. The second-order valence-corrected chi connectivity index (χ2v) is 4.12. The molecule has 0 bridgehead atoms. The van der Waals surface area contributed by atoms with Crippen LogP contribution in [0.15, 0.2) is 18.2 Å². The summed E-state index contributed by atoms with van der Waals surface area (Å²) >= 11 is 0. The Bertz CT molecular complexity index is 415. The van der Waals surface area contributed by atoms with Crippen LogP contribution >= 0.6 is 0 Å². The van der Waals surface area contributed by atoms with E-state index in [2.05, 4.69) is 24.1 Å². The van der Waals surface area contributed by atoms with Crippen LogP contribution in [0.3, 0.4) is 0 Å². The van der Waals surface area contributed by atoms with Gasteiger partial charge in [0.15, 0.2) is 0 Å². The Kier molecular flexibility index (Phi) is 5.72. The number of rotatable bonds is 5. The van der Waals surface area contributed by atoms with Crippen LogP contribution in [0, 0.1) is 24.6 Å². The van der Waals surface area contributed by atoms with Gasteiger partial charge in [-0.2, -0.15) is 0 Å². The predicted molar refractivity (Wildman–Crippen MR) is 70.2 cm³/mol. The third-order valence-electron chi connectivity index (χ3n) is 2.72. The summed E-state index contributed by atoms with van der Waals surface area (Å²) in [6.07, 6.45) is 1.68. The summed E-state index contributed by atoms with van der Waals surface area (Å²) < 4.78 is 14.0. The molecule has 2 heteroatoms. The molecule has 0 saturated heterocycles. The van der Waals surface area contributed by atoms with Gasteiger partial charge in [0.25, 0.3) is 0 Å². The van der Waals surface area contributed by atoms with Crippen molar-refractivity contribution >= 4 is 0 Å². The fraction of sp³-hybridized carbons (Fsp3) is 0.467. The lowest BCUT2D eigenvalue weighted by molar-refractivity contribution is 0.504. The average Bonchev–Trinajstić information content (AvgIpc) is 2.34. The van der Waals surface area contributed by atoms with Gasteiger partial charge in [0.05, 0.1) is 0 Å². The van der Waals surface area contributed by atoms with Gasteiger partial charge in [0.2, 0.25) is 0 Å². The summed E-state index contributed by atoms with van der Waals surface area (Å²) in [5.41, 5.74) is 1.41. The highest BCUT2D eigenvalue weighted by atomic mass is 19.1. The minimum Gasteiger partial charge on any atom is -0.309 e. The van der Waals surface area contributed by atoms with E-state index in [4.69, 9.17) is 0 Å². The topological polar surface area (TPSA) is 12.0 Å². The Hall–Kier alpha value is -1.33. The van der Waals surface area contributed by atoms with Crippen molar-refractivity contribution in [3.63, 3.8) is 0 Å². The van der Waals surface area contributed by atoms with E-state index < -0.39 is 0 Å². The van der Waals surface area contributed by atoms with Crippen molar-refractivity contribution in [3.8, 4) is 11.8 Å². The van der Waals surface area contributed by atoms with E-state index in [0.717, 1.165) is 18.5 Å². The molecule has 0 heterocycles. The van der Waals surface area contributed by atoms with Crippen molar-refractivity contribution in [1.29, 1.82) is 0 Å². The molecule has 1 nitrogen and oxygen atoms in total.